The molecule has 0 unspecified atom stereocenters. The fraction of sp³-hybridized carbons (Fsp3) is 0.562. The lowest BCUT2D eigenvalue weighted by molar-refractivity contribution is -0.123. The smallest absolute Gasteiger partial charge is 0.319 e. The molecule has 8 nitrogen and oxygen atoms in total. The van der Waals surface area contributed by atoms with Gasteiger partial charge >= 0.3 is 6.03 Å². The molecule has 1 atom stereocenters. The van der Waals surface area contributed by atoms with Gasteiger partial charge in [0.15, 0.2) is 0 Å². The van der Waals surface area contributed by atoms with E-state index < -0.39 is 22.1 Å². The molecule has 226 valence electrons. The van der Waals surface area contributed by atoms with E-state index in [4.69, 9.17) is 0 Å². The molecular formula is C32H48N4O4S. The van der Waals surface area contributed by atoms with Gasteiger partial charge in [0, 0.05) is 12.2 Å². The zero-order valence-corrected chi connectivity index (χ0v) is 25.9. The molecule has 1 saturated carbocycles. The SMILES string of the molecule is CCCCCCNC(=O)[C@@H](CC1CCCCC1)NC(=O)Nc1cccc(NS(=O)(=O)c2ccc(C(C)(C)C)cc2)c1. The molecule has 0 saturated heterocycles. The second-order valence-corrected chi connectivity index (χ2v) is 13.9. The molecule has 2 aromatic carbocycles. The number of unbranched alkanes of at least 4 members (excludes halogenated alkanes) is 3. The number of sulfonamides is 1. The highest BCUT2D eigenvalue weighted by Gasteiger charge is 2.26. The lowest BCUT2D eigenvalue weighted by Gasteiger charge is -2.26. The van der Waals surface area contributed by atoms with E-state index in [0.29, 0.717) is 30.3 Å². The Balaban J connectivity index is 1.63. The molecule has 0 aliphatic heterocycles. The first kappa shape index (κ1) is 32.4. The number of nitrogens with one attached hydrogen (secondary N) is 4. The van der Waals surface area contributed by atoms with Crippen molar-refractivity contribution in [3.63, 3.8) is 0 Å². The third-order valence-electron chi connectivity index (χ3n) is 7.65. The monoisotopic (exact) mass is 584 g/mol. The summed E-state index contributed by atoms with van der Waals surface area (Å²) in [5.74, 6) is 0.260. The van der Waals surface area contributed by atoms with Crippen molar-refractivity contribution in [2.75, 3.05) is 16.6 Å². The molecule has 41 heavy (non-hydrogen) atoms. The van der Waals surface area contributed by atoms with Crippen molar-refractivity contribution < 1.29 is 18.0 Å². The standard InChI is InChI=1S/C32H48N4O4S/c1-5-6-7-11-21-33-30(37)29(22-24-13-9-8-10-14-24)35-31(38)34-26-15-12-16-27(23-26)36-41(39,40)28-19-17-25(18-20-28)32(2,3)4/h12,15-20,23-24,29,36H,5-11,13-14,21-22H2,1-4H3,(H,33,37)(H2,34,35,38)/t29-/m1/s1. The first-order valence-electron chi connectivity index (χ1n) is 15.1. The number of rotatable bonds is 13. The van der Waals surface area contributed by atoms with Gasteiger partial charge in [-0.2, -0.15) is 0 Å². The molecule has 9 heteroatoms. The van der Waals surface area contributed by atoms with Crippen LogP contribution in [0.4, 0.5) is 16.2 Å². The minimum atomic E-state index is -3.81. The summed E-state index contributed by atoms with van der Waals surface area (Å²) in [6.07, 6.45) is 10.6. The van der Waals surface area contributed by atoms with Crippen LogP contribution in [0, 0.1) is 5.92 Å². The first-order chi connectivity index (χ1) is 19.5. The molecule has 3 amide bonds. The highest BCUT2D eigenvalue weighted by atomic mass is 32.2. The molecule has 1 aliphatic carbocycles. The quantitative estimate of drug-likeness (QED) is 0.191. The summed E-state index contributed by atoms with van der Waals surface area (Å²) in [4.78, 5) is 26.2. The zero-order chi connectivity index (χ0) is 29.9. The molecule has 0 spiro atoms. The van der Waals surface area contributed by atoms with Crippen LogP contribution in [0.3, 0.4) is 0 Å². The Morgan fingerprint density at radius 3 is 2.27 bits per heavy atom. The summed E-state index contributed by atoms with van der Waals surface area (Å²) in [7, 11) is -3.81. The Hall–Kier alpha value is -3.07. The van der Waals surface area contributed by atoms with E-state index in [1.807, 2.05) is 12.1 Å². The molecule has 0 bridgehead atoms. The van der Waals surface area contributed by atoms with E-state index in [-0.39, 0.29) is 16.2 Å². The number of carbonyl (C=O) groups is 2. The Kier molecular flexibility index (Phi) is 12.1. The van der Waals surface area contributed by atoms with Crippen molar-refractivity contribution in [1.82, 2.24) is 10.6 Å². The summed E-state index contributed by atoms with van der Waals surface area (Å²) in [6.45, 7) is 8.97. The number of urea groups is 1. The molecule has 1 aliphatic rings. The van der Waals surface area contributed by atoms with Gasteiger partial charge < -0.3 is 16.0 Å². The highest BCUT2D eigenvalue weighted by molar-refractivity contribution is 7.92. The number of carbonyl (C=O) groups excluding carboxylic acids is 2. The average molecular weight is 585 g/mol. The molecule has 0 radical (unpaired) electrons. The lowest BCUT2D eigenvalue weighted by atomic mass is 9.84. The van der Waals surface area contributed by atoms with Gasteiger partial charge in [0.1, 0.15) is 6.04 Å². The normalized spacial score (nSPS) is 15.1. The molecule has 4 N–H and O–H groups in total. The van der Waals surface area contributed by atoms with E-state index in [2.05, 4.69) is 48.4 Å². The Morgan fingerprint density at radius 2 is 1.61 bits per heavy atom. The van der Waals surface area contributed by atoms with Crippen LogP contribution in [-0.4, -0.2) is 32.9 Å². The largest absolute Gasteiger partial charge is 0.354 e. The van der Waals surface area contributed by atoms with Crippen LogP contribution in [0.5, 0.6) is 0 Å². The second-order valence-electron chi connectivity index (χ2n) is 12.2. The van der Waals surface area contributed by atoms with Crippen LogP contribution in [0.1, 0.15) is 97.5 Å². The van der Waals surface area contributed by atoms with E-state index >= 15 is 0 Å². The van der Waals surface area contributed by atoms with Crippen molar-refractivity contribution in [1.29, 1.82) is 0 Å². The Morgan fingerprint density at radius 1 is 0.927 bits per heavy atom. The van der Waals surface area contributed by atoms with Crippen LogP contribution in [0.15, 0.2) is 53.4 Å². The number of hydrogen-bond donors (Lipinski definition) is 4. The molecule has 3 rings (SSSR count). The van der Waals surface area contributed by atoms with Gasteiger partial charge in [-0.15, -0.1) is 0 Å². The van der Waals surface area contributed by atoms with Crippen molar-refractivity contribution in [3.05, 3.63) is 54.1 Å². The predicted octanol–water partition coefficient (Wildman–Crippen LogP) is 6.94. The molecule has 1 fully saturated rings. The van der Waals surface area contributed by atoms with E-state index in [1.165, 1.54) is 6.42 Å². The fourth-order valence-electron chi connectivity index (χ4n) is 5.21. The van der Waals surface area contributed by atoms with Crippen molar-refractivity contribution in [3.8, 4) is 0 Å². The lowest BCUT2D eigenvalue weighted by Crippen LogP contribution is -2.49. The van der Waals surface area contributed by atoms with E-state index in [1.54, 1.807) is 36.4 Å². The minimum absolute atomic E-state index is 0.0823. The summed E-state index contributed by atoms with van der Waals surface area (Å²) in [6, 6.07) is 12.3. The average Bonchev–Trinajstić information content (AvgIpc) is 2.92. The summed E-state index contributed by atoms with van der Waals surface area (Å²) in [5.41, 5.74) is 1.70. The van der Waals surface area contributed by atoms with Gasteiger partial charge in [0.05, 0.1) is 10.6 Å². The van der Waals surface area contributed by atoms with Gasteiger partial charge in [0.2, 0.25) is 5.91 Å². The molecule has 0 aromatic heterocycles. The van der Waals surface area contributed by atoms with Gasteiger partial charge in [0.25, 0.3) is 10.0 Å². The fourth-order valence-corrected chi connectivity index (χ4v) is 6.26. The third kappa shape index (κ3) is 10.7. The van der Waals surface area contributed by atoms with Gasteiger partial charge in [-0.25, -0.2) is 13.2 Å². The maximum absolute atomic E-state index is 13.0. The number of hydrogen-bond acceptors (Lipinski definition) is 4. The van der Waals surface area contributed by atoms with Gasteiger partial charge in [-0.1, -0.05) is 97.3 Å². The minimum Gasteiger partial charge on any atom is -0.354 e. The maximum Gasteiger partial charge on any atom is 0.319 e. The number of amides is 3. The van der Waals surface area contributed by atoms with E-state index in [0.717, 1.165) is 56.9 Å². The number of anilines is 2. The second kappa shape index (κ2) is 15.2. The summed E-state index contributed by atoms with van der Waals surface area (Å²) < 4.78 is 28.6. The zero-order valence-electron chi connectivity index (χ0n) is 25.1. The Bertz CT molecular complexity index is 1230. The molecular weight excluding hydrogens is 536 g/mol. The molecule has 0 heterocycles. The van der Waals surface area contributed by atoms with E-state index in [9.17, 15) is 18.0 Å². The number of benzene rings is 2. The van der Waals surface area contributed by atoms with Crippen LogP contribution < -0.4 is 20.7 Å². The Labute approximate surface area is 246 Å². The van der Waals surface area contributed by atoms with Crippen LogP contribution >= 0.6 is 0 Å². The van der Waals surface area contributed by atoms with Crippen LogP contribution in [0.25, 0.3) is 0 Å². The summed E-state index contributed by atoms with van der Waals surface area (Å²) >= 11 is 0. The van der Waals surface area contributed by atoms with Crippen molar-refractivity contribution in [2.24, 2.45) is 5.92 Å². The van der Waals surface area contributed by atoms with Crippen LogP contribution in [-0.2, 0) is 20.2 Å². The van der Waals surface area contributed by atoms with Crippen LogP contribution in [0.2, 0.25) is 0 Å². The van der Waals surface area contributed by atoms with Crippen molar-refractivity contribution in [2.45, 2.75) is 108 Å². The van der Waals surface area contributed by atoms with Crippen molar-refractivity contribution >= 4 is 33.3 Å². The summed E-state index contributed by atoms with van der Waals surface area (Å²) in [5, 5.41) is 8.65. The first-order valence-corrected chi connectivity index (χ1v) is 16.5. The topological polar surface area (TPSA) is 116 Å². The highest BCUT2D eigenvalue weighted by Crippen LogP contribution is 2.28. The maximum atomic E-state index is 13.0. The molecule has 2 aromatic rings. The third-order valence-corrected chi connectivity index (χ3v) is 9.05. The van der Waals surface area contributed by atoms with Gasteiger partial charge in [-0.3, -0.25) is 9.52 Å². The van der Waals surface area contributed by atoms with Gasteiger partial charge in [-0.05, 0) is 60.1 Å². The predicted molar refractivity (Wildman–Crippen MR) is 167 cm³/mol.